The van der Waals surface area contributed by atoms with Gasteiger partial charge in [-0.15, -0.1) is 0 Å². The Balaban J connectivity index is 1.48. The number of Topliss-reactive ketones (excluding diaryl/α,β-unsaturated/α-hetero) is 1. The van der Waals surface area contributed by atoms with Gasteiger partial charge in [0, 0.05) is 6.07 Å². The highest BCUT2D eigenvalue weighted by molar-refractivity contribution is 6.14. The second-order valence-electron chi connectivity index (χ2n) is 7.56. The Morgan fingerprint density at radius 1 is 0.967 bits per heavy atom. The Morgan fingerprint density at radius 3 is 2.50 bits per heavy atom. The average Bonchev–Trinajstić information content (AvgIpc) is 3.07. The topological polar surface area (TPSA) is 44.8 Å². The normalized spacial score (nSPS) is 14.0. The van der Waals surface area contributed by atoms with Gasteiger partial charge in [0.15, 0.2) is 5.76 Å². The van der Waals surface area contributed by atoms with E-state index in [0.717, 1.165) is 16.9 Å². The zero-order valence-corrected chi connectivity index (χ0v) is 17.3. The number of carbonyl (C=O) groups excluding carboxylic acids is 1. The van der Waals surface area contributed by atoms with Gasteiger partial charge in [0.25, 0.3) is 0 Å². The Labute approximate surface area is 176 Å². The molecule has 3 aromatic rings. The number of ketones is 1. The summed E-state index contributed by atoms with van der Waals surface area (Å²) in [6.07, 6.45) is 1.78. The van der Waals surface area contributed by atoms with Gasteiger partial charge in [0.1, 0.15) is 23.9 Å². The molecule has 4 nitrogen and oxygen atoms in total. The third-order valence-corrected chi connectivity index (χ3v) is 5.08. The van der Waals surface area contributed by atoms with E-state index in [1.54, 1.807) is 31.4 Å². The zero-order chi connectivity index (χ0) is 21.1. The molecule has 0 fully saturated rings. The Bertz CT molecular complexity index is 1090. The smallest absolute Gasteiger partial charge is 0.231 e. The van der Waals surface area contributed by atoms with Gasteiger partial charge in [-0.25, -0.2) is 0 Å². The van der Waals surface area contributed by atoms with Crippen molar-refractivity contribution >= 4 is 11.9 Å². The molecule has 0 spiro atoms. The van der Waals surface area contributed by atoms with Crippen molar-refractivity contribution in [2.45, 2.75) is 26.4 Å². The van der Waals surface area contributed by atoms with Crippen molar-refractivity contribution < 1.29 is 19.0 Å². The van der Waals surface area contributed by atoms with Gasteiger partial charge >= 0.3 is 0 Å². The van der Waals surface area contributed by atoms with Crippen LogP contribution in [0.2, 0.25) is 0 Å². The molecule has 152 valence electrons. The Kier molecular flexibility index (Phi) is 5.57. The number of methoxy groups -OCH3 is 1. The highest BCUT2D eigenvalue weighted by Crippen LogP contribution is 2.35. The van der Waals surface area contributed by atoms with E-state index in [1.807, 2.05) is 36.4 Å². The summed E-state index contributed by atoms with van der Waals surface area (Å²) >= 11 is 0. The molecule has 0 radical (unpaired) electrons. The summed E-state index contributed by atoms with van der Waals surface area (Å²) in [6, 6.07) is 21.2. The molecule has 0 saturated carbocycles. The van der Waals surface area contributed by atoms with Crippen LogP contribution in [0, 0.1) is 0 Å². The number of hydrogen-bond donors (Lipinski definition) is 0. The molecule has 0 aromatic heterocycles. The Hall–Kier alpha value is -3.53. The lowest BCUT2D eigenvalue weighted by Gasteiger charge is -2.08. The fraction of sp³-hybridized carbons (Fsp3) is 0.192. The molecule has 0 bridgehead atoms. The SMILES string of the molecule is COc1cccc(COc2ccc3c(c2)O/C(=C\c2ccc(C(C)C)cc2)C3=O)c1. The summed E-state index contributed by atoms with van der Waals surface area (Å²) in [5.41, 5.74) is 3.74. The summed E-state index contributed by atoms with van der Waals surface area (Å²) in [5, 5.41) is 0. The van der Waals surface area contributed by atoms with Crippen LogP contribution in [0.1, 0.15) is 46.8 Å². The van der Waals surface area contributed by atoms with Crippen LogP contribution >= 0.6 is 0 Å². The minimum Gasteiger partial charge on any atom is -0.497 e. The van der Waals surface area contributed by atoms with Gasteiger partial charge in [-0.1, -0.05) is 50.2 Å². The molecule has 1 aliphatic rings. The molecule has 0 atom stereocenters. The second kappa shape index (κ2) is 8.46. The number of allylic oxidation sites excluding steroid dienone is 1. The molecule has 30 heavy (non-hydrogen) atoms. The van der Waals surface area contributed by atoms with Crippen molar-refractivity contribution in [2.75, 3.05) is 7.11 Å². The van der Waals surface area contributed by atoms with Crippen LogP contribution in [0.3, 0.4) is 0 Å². The summed E-state index contributed by atoms with van der Waals surface area (Å²) in [7, 11) is 1.64. The van der Waals surface area contributed by atoms with Crippen molar-refractivity contribution in [1.29, 1.82) is 0 Å². The van der Waals surface area contributed by atoms with Crippen LogP contribution in [0.5, 0.6) is 17.2 Å². The van der Waals surface area contributed by atoms with Gasteiger partial charge in [0.05, 0.1) is 12.7 Å². The molecule has 0 aliphatic carbocycles. The van der Waals surface area contributed by atoms with Crippen molar-refractivity contribution in [3.8, 4) is 17.2 Å². The number of fused-ring (bicyclic) bond motifs is 1. The van der Waals surface area contributed by atoms with Gasteiger partial charge in [-0.3, -0.25) is 4.79 Å². The van der Waals surface area contributed by atoms with Crippen LogP contribution in [-0.4, -0.2) is 12.9 Å². The average molecular weight is 400 g/mol. The number of benzene rings is 3. The van der Waals surface area contributed by atoms with Crippen molar-refractivity contribution in [3.63, 3.8) is 0 Å². The van der Waals surface area contributed by atoms with Crippen LogP contribution in [-0.2, 0) is 6.61 Å². The number of hydrogen-bond acceptors (Lipinski definition) is 4. The third-order valence-electron chi connectivity index (χ3n) is 5.08. The maximum Gasteiger partial charge on any atom is 0.231 e. The molecule has 0 N–H and O–H groups in total. The zero-order valence-electron chi connectivity index (χ0n) is 17.3. The molecule has 4 heteroatoms. The first-order valence-corrected chi connectivity index (χ1v) is 9.97. The van der Waals surface area contributed by atoms with E-state index in [1.165, 1.54) is 5.56 Å². The second-order valence-corrected chi connectivity index (χ2v) is 7.56. The van der Waals surface area contributed by atoms with E-state index in [4.69, 9.17) is 14.2 Å². The minimum absolute atomic E-state index is 0.114. The van der Waals surface area contributed by atoms with Gasteiger partial charge < -0.3 is 14.2 Å². The number of carbonyl (C=O) groups is 1. The van der Waals surface area contributed by atoms with E-state index < -0.39 is 0 Å². The summed E-state index contributed by atoms with van der Waals surface area (Å²) in [5.74, 6) is 2.63. The first-order chi connectivity index (χ1) is 14.5. The van der Waals surface area contributed by atoms with E-state index in [9.17, 15) is 4.79 Å². The molecular weight excluding hydrogens is 376 g/mol. The monoisotopic (exact) mass is 400 g/mol. The summed E-state index contributed by atoms with van der Waals surface area (Å²) in [6.45, 7) is 4.71. The minimum atomic E-state index is -0.114. The van der Waals surface area contributed by atoms with Crippen LogP contribution in [0.4, 0.5) is 0 Å². The van der Waals surface area contributed by atoms with Gasteiger partial charge in [0.2, 0.25) is 5.78 Å². The molecule has 0 amide bonds. The van der Waals surface area contributed by atoms with Crippen LogP contribution in [0.15, 0.2) is 72.5 Å². The molecule has 1 aliphatic heterocycles. The molecule has 3 aromatic carbocycles. The fourth-order valence-electron chi connectivity index (χ4n) is 3.31. The number of ether oxygens (including phenoxy) is 3. The molecule has 4 rings (SSSR count). The predicted molar refractivity (Wildman–Crippen MR) is 117 cm³/mol. The molecule has 0 saturated heterocycles. The highest BCUT2D eigenvalue weighted by Gasteiger charge is 2.27. The maximum absolute atomic E-state index is 12.7. The fourth-order valence-corrected chi connectivity index (χ4v) is 3.31. The van der Waals surface area contributed by atoms with E-state index in [0.29, 0.717) is 35.3 Å². The van der Waals surface area contributed by atoms with E-state index in [2.05, 4.69) is 26.0 Å². The molecule has 0 unspecified atom stereocenters. The van der Waals surface area contributed by atoms with Crippen LogP contribution < -0.4 is 14.2 Å². The largest absolute Gasteiger partial charge is 0.497 e. The lowest BCUT2D eigenvalue weighted by atomic mass is 10.0. The lowest BCUT2D eigenvalue weighted by molar-refractivity contribution is 0.101. The maximum atomic E-state index is 12.7. The van der Waals surface area contributed by atoms with Gasteiger partial charge in [-0.05, 0) is 52.9 Å². The third kappa shape index (κ3) is 4.23. The van der Waals surface area contributed by atoms with Crippen molar-refractivity contribution in [2.24, 2.45) is 0 Å². The Morgan fingerprint density at radius 2 is 1.77 bits per heavy atom. The van der Waals surface area contributed by atoms with Crippen molar-refractivity contribution in [1.82, 2.24) is 0 Å². The lowest BCUT2D eigenvalue weighted by Crippen LogP contribution is -1.98. The first kappa shape index (κ1) is 19.8. The molecule has 1 heterocycles. The van der Waals surface area contributed by atoms with E-state index >= 15 is 0 Å². The highest BCUT2D eigenvalue weighted by atomic mass is 16.5. The first-order valence-electron chi connectivity index (χ1n) is 9.97. The van der Waals surface area contributed by atoms with Crippen LogP contribution in [0.25, 0.3) is 6.08 Å². The van der Waals surface area contributed by atoms with E-state index in [-0.39, 0.29) is 5.78 Å². The standard InChI is InChI=1S/C26H24O4/c1-17(2)20-9-7-18(8-10-20)14-25-26(27)23-12-11-22(15-24(23)30-25)29-16-19-5-4-6-21(13-19)28-3/h4-15,17H,16H2,1-3H3/b25-14-. The summed E-state index contributed by atoms with van der Waals surface area (Å²) in [4.78, 5) is 12.7. The number of rotatable bonds is 6. The predicted octanol–water partition coefficient (Wildman–Crippen LogP) is 6.01. The summed E-state index contributed by atoms with van der Waals surface area (Å²) < 4.78 is 17.0. The quantitative estimate of drug-likeness (QED) is 0.475. The van der Waals surface area contributed by atoms with Gasteiger partial charge in [-0.2, -0.15) is 0 Å². The molecular formula is C26H24O4. The van der Waals surface area contributed by atoms with Crippen molar-refractivity contribution in [3.05, 3.63) is 94.7 Å².